The van der Waals surface area contributed by atoms with E-state index in [0.29, 0.717) is 35.9 Å². The Morgan fingerprint density at radius 2 is 1.79 bits per heavy atom. The second-order valence-corrected chi connectivity index (χ2v) is 12.5. The average molecular weight is 496 g/mol. The third-order valence-electron chi connectivity index (χ3n) is 6.71. The maximum absolute atomic E-state index is 13.6. The molecule has 11 heteroatoms. The second kappa shape index (κ2) is 9.44. The summed E-state index contributed by atoms with van der Waals surface area (Å²) in [6.07, 6.45) is 2.35. The molecular formula is C22H33N5O4S2. The Hall–Kier alpha value is -1.82. The van der Waals surface area contributed by atoms with E-state index in [1.54, 1.807) is 11.8 Å². The molecule has 0 aromatic carbocycles. The van der Waals surface area contributed by atoms with Crippen LogP contribution in [-0.2, 0) is 21.4 Å². The predicted molar refractivity (Wildman–Crippen MR) is 129 cm³/mol. The zero-order chi connectivity index (χ0) is 23.9. The Morgan fingerprint density at radius 1 is 1.15 bits per heavy atom. The lowest BCUT2D eigenvalue weighted by Crippen LogP contribution is -2.49. The molecular weight excluding hydrogens is 462 g/mol. The SMILES string of the molecule is CCN1CCN(C(=O)Cn2cnc3sc(C)c(S(=O)(=O)N4CC(C)CC(C)C4)c3c2=O)CC1. The van der Waals surface area contributed by atoms with Gasteiger partial charge in [-0.05, 0) is 31.7 Å². The van der Waals surface area contributed by atoms with Crippen molar-refractivity contribution in [2.24, 2.45) is 11.8 Å². The highest BCUT2D eigenvalue weighted by Gasteiger charge is 2.36. The number of fused-ring (bicyclic) bond motifs is 1. The molecule has 0 spiro atoms. The number of aromatic nitrogens is 2. The summed E-state index contributed by atoms with van der Waals surface area (Å²) in [6, 6.07) is 0. The predicted octanol–water partition coefficient (Wildman–Crippen LogP) is 1.60. The number of piperidine rings is 1. The monoisotopic (exact) mass is 495 g/mol. The van der Waals surface area contributed by atoms with Crippen molar-refractivity contribution in [1.82, 2.24) is 23.7 Å². The number of sulfonamides is 1. The van der Waals surface area contributed by atoms with Gasteiger partial charge in [0.15, 0.2) is 0 Å². The van der Waals surface area contributed by atoms with Crippen LogP contribution in [0.25, 0.3) is 10.2 Å². The highest BCUT2D eigenvalue weighted by Crippen LogP contribution is 2.35. The quantitative estimate of drug-likeness (QED) is 0.625. The number of likely N-dealkylation sites (N-methyl/N-ethyl adjacent to an activating group) is 1. The summed E-state index contributed by atoms with van der Waals surface area (Å²) in [7, 11) is -3.85. The molecule has 182 valence electrons. The highest BCUT2D eigenvalue weighted by atomic mass is 32.2. The third-order valence-corrected chi connectivity index (χ3v) is 9.86. The molecule has 1 amide bonds. The Balaban J connectivity index is 1.66. The van der Waals surface area contributed by atoms with Crippen LogP contribution in [0.2, 0.25) is 0 Å². The molecule has 0 bridgehead atoms. The Morgan fingerprint density at radius 3 is 2.39 bits per heavy atom. The normalized spacial score (nSPS) is 23.3. The highest BCUT2D eigenvalue weighted by molar-refractivity contribution is 7.89. The average Bonchev–Trinajstić information content (AvgIpc) is 3.12. The van der Waals surface area contributed by atoms with Crippen molar-refractivity contribution in [3.8, 4) is 0 Å². The molecule has 4 heterocycles. The zero-order valence-electron chi connectivity index (χ0n) is 19.8. The molecule has 2 fully saturated rings. The molecule has 4 rings (SSSR count). The topological polar surface area (TPSA) is 95.8 Å². The summed E-state index contributed by atoms with van der Waals surface area (Å²) in [4.78, 5) is 35.7. The van der Waals surface area contributed by atoms with Gasteiger partial charge in [-0.15, -0.1) is 11.3 Å². The Labute approximate surface area is 199 Å². The fraction of sp³-hybridized carbons (Fsp3) is 0.682. The molecule has 2 atom stereocenters. The van der Waals surface area contributed by atoms with Gasteiger partial charge >= 0.3 is 0 Å². The number of amides is 1. The number of aryl methyl sites for hydroxylation is 1. The van der Waals surface area contributed by atoms with Crippen LogP contribution >= 0.6 is 11.3 Å². The summed E-state index contributed by atoms with van der Waals surface area (Å²) in [6.45, 7) is 12.5. The number of hydrogen-bond donors (Lipinski definition) is 0. The standard InChI is InChI=1S/C22H33N5O4S2/c1-5-24-6-8-25(9-7-24)18(28)13-26-14-23-21-19(22(26)29)20(17(4)32-21)33(30,31)27-11-15(2)10-16(3)12-27/h14-16H,5-13H2,1-4H3. The van der Waals surface area contributed by atoms with Crippen LogP contribution in [0.1, 0.15) is 32.1 Å². The van der Waals surface area contributed by atoms with E-state index >= 15 is 0 Å². The van der Waals surface area contributed by atoms with E-state index in [2.05, 4.69) is 30.7 Å². The Bertz CT molecular complexity index is 1190. The minimum absolute atomic E-state index is 0.0552. The number of rotatable bonds is 5. The molecule has 9 nitrogen and oxygen atoms in total. The second-order valence-electron chi connectivity index (χ2n) is 9.43. The first-order chi connectivity index (χ1) is 15.6. The van der Waals surface area contributed by atoms with Crippen molar-refractivity contribution < 1.29 is 13.2 Å². The van der Waals surface area contributed by atoms with Crippen LogP contribution in [-0.4, -0.2) is 83.8 Å². The molecule has 2 aliphatic rings. The maximum atomic E-state index is 13.6. The van der Waals surface area contributed by atoms with Crippen molar-refractivity contribution >= 4 is 37.5 Å². The van der Waals surface area contributed by atoms with Crippen LogP contribution in [0.3, 0.4) is 0 Å². The fourth-order valence-electron chi connectivity index (χ4n) is 5.03. The fourth-order valence-corrected chi connectivity index (χ4v) is 8.37. The number of carbonyl (C=O) groups is 1. The van der Waals surface area contributed by atoms with E-state index in [4.69, 9.17) is 0 Å². The molecule has 2 aliphatic heterocycles. The van der Waals surface area contributed by atoms with E-state index in [0.717, 1.165) is 26.1 Å². The van der Waals surface area contributed by atoms with E-state index in [1.165, 1.54) is 26.5 Å². The lowest BCUT2D eigenvalue weighted by molar-refractivity contribution is -0.133. The summed E-state index contributed by atoms with van der Waals surface area (Å²) in [5.74, 6) is 0.368. The number of thiophene rings is 1. The van der Waals surface area contributed by atoms with Crippen molar-refractivity contribution in [2.75, 3.05) is 45.8 Å². The summed E-state index contributed by atoms with van der Waals surface area (Å²) in [5, 5.41) is 0.106. The van der Waals surface area contributed by atoms with Gasteiger partial charge < -0.3 is 9.80 Å². The van der Waals surface area contributed by atoms with Crippen molar-refractivity contribution in [2.45, 2.75) is 45.6 Å². The van der Waals surface area contributed by atoms with Gasteiger partial charge in [-0.3, -0.25) is 14.2 Å². The minimum atomic E-state index is -3.85. The summed E-state index contributed by atoms with van der Waals surface area (Å²) < 4.78 is 30.0. The largest absolute Gasteiger partial charge is 0.339 e. The zero-order valence-corrected chi connectivity index (χ0v) is 21.4. The van der Waals surface area contributed by atoms with Gasteiger partial charge in [-0.1, -0.05) is 20.8 Å². The van der Waals surface area contributed by atoms with Crippen LogP contribution in [0, 0.1) is 18.8 Å². The summed E-state index contributed by atoms with van der Waals surface area (Å²) >= 11 is 1.21. The Kier molecular flexibility index (Phi) is 6.95. The van der Waals surface area contributed by atoms with Crippen molar-refractivity contribution in [1.29, 1.82) is 0 Å². The molecule has 0 aliphatic carbocycles. The summed E-state index contributed by atoms with van der Waals surface area (Å²) in [5.41, 5.74) is -0.471. The first-order valence-electron chi connectivity index (χ1n) is 11.6. The molecule has 2 unspecified atom stereocenters. The first-order valence-corrected chi connectivity index (χ1v) is 13.9. The van der Waals surface area contributed by atoms with Gasteiger partial charge in [0.25, 0.3) is 5.56 Å². The van der Waals surface area contributed by atoms with E-state index in [9.17, 15) is 18.0 Å². The van der Waals surface area contributed by atoms with E-state index in [1.807, 2.05) is 0 Å². The molecule has 0 N–H and O–H groups in total. The van der Waals surface area contributed by atoms with E-state index in [-0.39, 0.29) is 34.6 Å². The van der Waals surface area contributed by atoms with Gasteiger partial charge in [0, 0.05) is 44.1 Å². The molecule has 33 heavy (non-hydrogen) atoms. The number of nitrogens with zero attached hydrogens (tertiary/aromatic N) is 5. The first kappa shape index (κ1) is 24.3. The lowest BCUT2D eigenvalue weighted by Gasteiger charge is -2.34. The number of hydrogen-bond acceptors (Lipinski definition) is 7. The molecule has 0 radical (unpaired) electrons. The smallest absolute Gasteiger partial charge is 0.263 e. The van der Waals surface area contributed by atoms with Gasteiger partial charge in [0.2, 0.25) is 15.9 Å². The van der Waals surface area contributed by atoms with Gasteiger partial charge in [-0.2, -0.15) is 4.31 Å². The van der Waals surface area contributed by atoms with Crippen LogP contribution in [0.15, 0.2) is 16.0 Å². The van der Waals surface area contributed by atoms with Gasteiger partial charge in [-0.25, -0.2) is 13.4 Å². The van der Waals surface area contributed by atoms with Crippen LogP contribution in [0.4, 0.5) is 0 Å². The molecule has 0 saturated carbocycles. The van der Waals surface area contributed by atoms with Crippen LogP contribution in [0.5, 0.6) is 0 Å². The number of piperazine rings is 1. The lowest BCUT2D eigenvalue weighted by atomic mass is 9.94. The van der Waals surface area contributed by atoms with Gasteiger partial charge in [0.1, 0.15) is 16.3 Å². The van der Waals surface area contributed by atoms with Crippen LogP contribution < -0.4 is 5.56 Å². The molecule has 2 aromatic heterocycles. The minimum Gasteiger partial charge on any atom is -0.339 e. The molecule has 2 aromatic rings. The van der Waals surface area contributed by atoms with E-state index < -0.39 is 15.6 Å². The van der Waals surface area contributed by atoms with Gasteiger partial charge in [0.05, 0.1) is 11.7 Å². The molecule has 2 saturated heterocycles. The van der Waals surface area contributed by atoms with Crippen molar-refractivity contribution in [3.63, 3.8) is 0 Å². The maximum Gasteiger partial charge on any atom is 0.263 e. The van der Waals surface area contributed by atoms with Crippen molar-refractivity contribution in [3.05, 3.63) is 21.6 Å². The third kappa shape index (κ3) is 4.73. The number of carbonyl (C=O) groups excluding carboxylic acids is 1.